The van der Waals surface area contributed by atoms with Crippen LogP contribution in [0.1, 0.15) is 18.4 Å². The summed E-state index contributed by atoms with van der Waals surface area (Å²) in [4.78, 5) is 36.1. The molecular weight excluding hydrogens is 300 g/mol. The predicted octanol–water partition coefficient (Wildman–Crippen LogP) is -0.248. The zero-order chi connectivity index (χ0) is 17.2. The van der Waals surface area contributed by atoms with Crippen LogP contribution in [-0.4, -0.2) is 49.5 Å². The Bertz CT molecular complexity index is 533. The second kappa shape index (κ2) is 9.58. The fraction of sp³-hybridized carbons (Fsp3) is 0.438. The molecule has 0 radical (unpaired) electrons. The lowest BCUT2D eigenvalue weighted by atomic mass is 10.1. The highest BCUT2D eigenvalue weighted by atomic mass is 16.5. The number of methoxy groups -OCH3 is 1. The lowest BCUT2D eigenvalue weighted by Crippen LogP contribution is -2.65. The van der Waals surface area contributed by atoms with E-state index in [1.807, 2.05) is 30.3 Å². The van der Waals surface area contributed by atoms with E-state index < -0.39 is 18.0 Å². The molecule has 1 rings (SSSR count). The van der Waals surface area contributed by atoms with Crippen molar-refractivity contribution in [3.05, 3.63) is 35.9 Å². The number of amides is 1. The van der Waals surface area contributed by atoms with Gasteiger partial charge < -0.3 is 20.1 Å². The third-order valence-corrected chi connectivity index (χ3v) is 3.28. The summed E-state index contributed by atoms with van der Waals surface area (Å²) >= 11 is 0. The largest absolute Gasteiger partial charge is 0.465 e. The first kappa shape index (κ1) is 18.6. The van der Waals surface area contributed by atoms with Gasteiger partial charge in [0.15, 0.2) is 6.04 Å². The van der Waals surface area contributed by atoms with Crippen LogP contribution in [0, 0.1) is 0 Å². The van der Waals surface area contributed by atoms with E-state index in [1.165, 1.54) is 19.1 Å². The first-order valence-corrected chi connectivity index (χ1v) is 7.28. The average Bonchev–Trinajstić information content (AvgIpc) is 2.57. The predicted molar refractivity (Wildman–Crippen MR) is 81.8 cm³/mol. The summed E-state index contributed by atoms with van der Waals surface area (Å²) < 4.78 is 9.65. The molecule has 23 heavy (non-hydrogen) atoms. The van der Waals surface area contributed by atoms with Gasteiger partial charge in [0.05, 0.1) is 7.11 Å². The van der Waals surface area contributed by atoms with Crippen LogP contribution < -0.4 is 5.73 Å². The summed E-state index contributed by atoms with van der Waals surface area (Å²) in [7, 11) is 2.79. The molecule has 0 saturated heterocycles. The van der Waals surface area contributed by atoms with Crippen LogP contribution >= 0.6 is 0 Å². The lowest BCUT2D eigenvalue weighted by Gasteiger charge is -2.16. The van der Waals surface area contributed by atoms with Gasteiger partial charge in [0.1, 0.15) is 13.2 Å². The van der Waals surface area contributed by atoms with E-state index in [-0.39, 0.29) is 31.9 Å². The van der Waals surface area contributed by atoms with Gasteiger partial charge in [0.25, 0.3) is 0 Å². The van der Waals surface area contributed by atoms with E-state index in [4.69, 9.17) is 4.74 Å². The molecule has 7 heteroatoms. The van der Waals surface area contributed by atoms with Crippen LogP contribution in [0.2, 0.25) is 0 Å². The second-order valence-electron chi connectivity index (χ2n) is 5.15. The molecule has 1 unspecified atom stereocenters. The summed E-state index contributed by atoms with van der Waals surface area (Å²) in [6.45, 7) is 0.0384. The van der Waals surface area contributed by atoms with Crippen molar-refractivity contribution in [2.75, 3.05) is 20.7 Å². The van der Waals surface area contributed by atoms with E-state index in [1.54, 1.807) is 0 Å². The van der Waals surface area contributed by atoms with Gasteiger partial charge in [-0.15, -0.1) is 0 Å². The molecule has 0 spiro atoms. The van der Waals surface area contributed by atoms with Crippen molar-refractivity contribution < 1.29 is 29.6 Å². The Morgan fingerprint density at radius 2 is 1.87 bits per heavy atom. The smallest absolute Gasteiger partial charge is 0.364 e. The Hall–Kier alpha value is -2.41. The maximum absolute atomic E-state index is 11.9. The maximum atomic E-state index is 11.9. The molecule has 1 aromatic carbocycles. The van der Waals surface area contributed by atoms with E-state index >= 15 is 0 Å². The number of hydrogen-bond donors (Lipinski definition) is 1. The first-order chi connectivity index (χ1) is 10.9. The van der Waals surface area contributed by atoms with Gasteiger partial charge in [0, 0.05) is 19.9 Å². The number of nitrogens with zero attached hydrogens (tertiary/aromatic N) is 1. The highest BCUT2D eigenvalue weighted by Crippen LogP contribution is 2.03. The fourth-order valence-electron chi connectivity index (χ4n) is 1.84. The van der Waals surface area contributed by atoms with Crippen LogP contribution in [0.15, 0.2) is 30.3 Å². The van der Waals surface area contributed by atoms with Gasteiger partial charge in [-0.1, -0.05) is 30.3 Å². The highest BCUT2D eigenvalue weighted by Gasteiger charge is 2.21. The monoisotopic (exact) mass is 323 g/mol. The molecule has 7 nitrogen and oxygen atoms in total. The van der Waals surface area contributed by atoms with Crippen LogP contribution in [0.4, 0.5) is 0 Å². The Kier molecular flexibility index (Phi) is 7.76. The number of benzene rings is 1. The van der Waals surface area contributed by atoms with Crippen molar-refractivity contribution in [2.24, 2.45) is 0 Å². The Morgan fingerprint density at radius 1 is 1.22 bits per heavy atom. The third kappa shape index (κ3) is 6.92. The van der Waals surface area contributed by atoms with Gasteiger partial charge in [0.2, 0.25) is 5.91 Å². The summed E-state index contributed by atoms with van der Waals surface area (Å²) in [5, 5.41) is 0. The van der Waals surface area contributed by atoms with Crippen LogP contribution in [0.3, 0.4) is 0 Å². The van der Waals surface area contributed by atoms with E-state index in [2.05, 4.69) is 10.5 Å². The van der Waals surface area contributed by atoms with Gasteiger partial charge in [-0.2, -0.15) is 0 Å². The molecule has 0 aliphatic heterocycles. The normalized spacial score (nSPS) is 11.4. The zero-order valence-electron chi connectivity index (χ0n) is 13.5. The minimum Gasteiger partial charge on any atom is -0.465 e. The topological polar surface area (TPSA) is 101 Å². The molecule has 0 aliphatic carbocycles. The van der Waals surface area contributed by atoms with Crippen LogP contribution in [-0.2, 0) is 30.5 Å². The Labute approximate surface area is 135 Å². The van der Waals surface area contributed by atoms with E-state index in [0.29, 0.717) is 0 Å². The van der Waals surface area contributed by atoms with E-state index in [9.17, 15) is 14.4 Å². The number of rotatable bonds is 8. The zero-order valence-corrected chi connectivity index (χ0v) is 13.5. The van der Waals surface area contributed by atoms with Crippen LogP contribution in [0.5, 0.6) is 0 Å². The second-order valence-corrected chi connectivity index (χ2v) is 5.15. The SMILES string of the molecule is COC(=O)C([NH3+])CCC(=O)N(C)CC(=O)OCc1ccccc1. The molecule has 1 aromatic rings. The van der Waals surface area contributed by atoms with Gasteiger partial charge in [-0.3, -0.25) is 9.59 Å². The summed E-state index contributed by atoms with van der Waals surface area (Å²) in [5.41, 5.74) is 4.51. The number of quaternary nitrogens is 1. The number of carbonyl (C=O) groups excluding carboxylic acids is 3. The molecule has 0 saturated carbocycles. The number of ether oxygens (including phenoxy) is 2. The molecule has 0 aromatic heterocycles. The molecule has 0 fully saturated rings. The number of hydrogen-bond acceptors (Lipinski definition) is 5. The molecule has 3 N–H and O–H groups in total. The number of carbonyl (C=O) groups is 3. The van der Waals surface area contributed by atoms with Crippen molar-refractivity contribution in [1.82, 2.24) is 4.90 Å². The highest BCUT2D eigenvalue weighted by molar-refractivity contribution is 5.82. The van der Waals surface area contributed by atoms with Crippen molar-refractivity contribution >= 4 is 17.8 Å². The lowest BCUT2D eigenvalue weighted by molar-refractivity contribution is -0.409. The van der Waals surface area contributed by atoms with Crippen LogP contribution in [0.25, 0.3) is 0 Å². The van der Waals surface area contributed by atoms with E-state index in [0.717, 1.165) is 5.56 Å². The minimum atomic E-state index is -0.595. The van der Waals surface area contributed by atoms with Gasteiger partial charge >= 0.3 is 11.9 Å². The number of likely N-dealkylation sites (N-methyl/N-ethyl adjacent to an activating group) is 1. The fourth-order valence-corrected chi connectivity index (χ4v) is 1.84. The van der Waals surface area contributed by atoms with Crippen molar-refractivity contribution in [2.45, 2.75) is 25.5 Å². The molecular formula is C16H23N2O5+. The van der Waals surface area contributed by atoms with Crippen molar-refractivity contribution in [3.63, 3.8) is 0 Å². The molecule has 126 valence electrons. The Morgan fingerprint density at radius 3 is 2.48 bits per heavy atom. The summed E-state index contributed by atoms with van der Waals surface area (Å²) in [5.74, 6) is -1.19. The standard InChI is InChI=1S/C16H22N2O5/c1-18(14(19)9-8-13(17)16(21)22-2)10-15(20)23-11-12-6-4-3-5-7-12/h3-7,13H,8-11,17H2,1-2H3/p+1. The minimum absolute atomic E-state index is 0.117. The van der Waals surface area contributed by atoms with Gasteiger partial charge in [-0.05, 0) is 5.56 Å². The number of esters is 2. The third-order valence-electron chi connectivity index (χ3n) is 3.28. The van der Waals surface area contributed by atoms with Gasteiger partial charge in [-0.25, -0.2) is 4.79 Å². The van der Waals surface area contributed by atoms with Crippen molar-refractivity contribution in [3.8, 4) is 0 Å². The summed E-state index contributed by atoms with van der Waals surface area (Å²) in [6, 6.07) is 8.70. The summed E-state index contributed by atoms with van der Waals surface area (Å²) in [6.07, 6.45) is 0.390. The molecule has 0 bridgehead atoms. The average molecular weight is 323 g/mol. The molecule has 1 amide bonds. The Balaban J connectivity index is 2.31. The molecule has 1 atom stereocenters. The first-order valence-electron chi connectivity index (χ1n) is 7.28. The quantitative estimate of drug-likeness (QED) is 0.665. The molecule has 0 heterocycles. The molecule has 0 aliphatic rings. The maximum Gasteiger partial charge on any atom is 0.364 e. The van der Waals surface area contributed by atoms with Crippen molar-refractivity contribution in [1.29, 1.82) is 0 Å².